The predicted octanol–water partition coefficient (Wildman–Crippen LogP) is 2.37. The van der Waals surface area contributed by atoms with Gasteiger partial charge in [0.25, 0.3) is 7.82 Å². The van der Waals surface area contributed by atoms with Crippen LogP contribution in [-0.2, 0) is 18.4 Å². The Morgan fingerprint density at radius 3 is 2.57 bits per heavy atom. The van der Waals surface area contributed by atoms with Gasteiger partial charge in [0.05, 0.1) is 19.3 Å². The van der Waals surface area contributed by atoms with E-state index in [0.29, 0.717) is 12.3 Å². The van der Waals surface area contributed by atoms with Gasteiger partial charge in [-0.15, -0.1) is 0 Å². The Labute approximate surface area is 127 Å². The molecule has 1 rings (SSSR count). The van der Waals surface area contributed by atoms with E-state index >= 15 is 0 Å². The third kappa shape index (κ3) is 8.57. The predicted molar refractivity (Wildman–Crippen MR) is 78.6 cm³/mol. The minimum absolute atomic E-state index is 0.0550. The molecule has 124 valence electrons. The van der Waals surface area contributed by atoms with Crippen LogP contribution in [0.5, 0.6) is 0 Å². The molecule has 1 N–H and O–H groups in total. The molecule has 2 unspecified atom stereocenters. The highest BCUT2D eigenvalue weighted by atomic mass is 31.2. The maximum Gasteiger partial charge on any atom is 0.267 e. The molecule has 0 aromatic heterocycles. The summed E-state index contributed by atoms with van der Waals surface area (Å²) < 4.78 is 21.1. The molecule has 0 heterocycles. The summed E-state index contributed by atoms with van der Waals surface area (Å²) in [5, 5.41) is 2.78. The van der Waals surface area contributed by atoms with Crippen LogP contribution in [0.2, 0.25) is 0 Å². The molecular formula is C14H27NO5P-. The lowest BCUT2D eigenvalue weighted by atomic mass is 9.85. The van der Waals surface area contributed by atoms with Gasteiger partial charge in [0.1, 0.15) is 0 Å². The molecule has 0 bridgehead atoms. The molecule has 0 aliphatic heterocycles. The fourth-order valence-corrected chi connectivity index (χ4v) is 3.55. The fourth-order valence-electron chi connectivity index (χ4n) is 2.70. The summed E-state index contributed by atoms with van der Waals surface area (Å²) >= 11 is 0. The van der Waals surface area contributed by atoms with Crippen molar-refractivity contribution >= 4 is 13.7 Å². The van der Waals surface area contributed by atoms with E-state index in [1.807, 2.05) is 6.92 Å². The van der Waals surface area contributed by atoms with Gasteiger partial charge in [0.15, 0.2) is 0 Å². The number of carbonyl (C=O) groups is 1. The van der Waals surface area contributed by atoms with Gasteiger partial charge in [-0.2, -0.15) is 0 Å². The largest absolute Gasteiger partial charge is 0.756 e. The lowest BCUT2D eigenvalue weighted by molar-refractivity contribution is -0.226. The summed E-state index contributed by atoms with van der Waals surface area (Å²) in [6, 6.07) is -0.280. The van der Waals surface area contributed by atoms with Crippen molar-refractivity contribution in [2.24, 2.45) is 5.92 Å². The van der Waals surface area contributed by atoms with Gasteiger partial charge < -0.3 is 19.3 Å². The second kappa shape index (κ2) is 9.57. The summed E-state index contributed by atoms with van der Waals surface area (Å²) in [6.07, 6.45) is 7.31. The smallest absolute Gasteiger partial charge is 0.267 e. The molecule has 0 aromatic rings. The van der Waals surface area contributed by atoms with Crippen molar-refractivity contribution in [2.75, 3.05) is 13.2 Å². The van der Waals surface area contributed by atoms with Crippen molar-refractivity contribution in [3.05, 3.63) is 0 Å². The first kappa shape index (κ1) is 18.6. The molecule has 2 atom stereocenters. The second-order valence-corrected chi connectivity index (χ2v) is 7.12. The van der Waals surface area contributed by atoms with Crippen LogP contribution in [0.25, 0.3) is 0 Å². The molecule has 1 aliphatic rings. The van der Waals surface area contributed by atoms with E-state index in [0.717, 1.165) is 19.3 Å². The molecule has 0 saturated heterocycles. The number of hydrogen-bond acceptors (Lipinski definition) is 5. The first-order valence-corrected chi connectivity index (χ1v) is 9.26. The van der Waals surface area contributed by atoms with Gasteiger partial charge in [-0.05, 0) is 18.8 Å². The highest BCUT2D eigenvalue weighted by Crippen LogP contribution is 2.38. The van der Waals surface area contributed by atoms with Gasteiger partial charge in [-0.1, -0.05) is 39.0 Å². The highest BCUT2D eigenvalue weighted by molar-refractivity contribution is 7.45. The van der Waals surface area contributed by atoms with E-state index in [1.165, 1.54) is 26.2 Å². The molecule has 0 spiro atoms. The third-order valence-electron chi connectivity index (χ3n) is 3.64. The Hall–Kier alpha value is -0.420. The first-order valence-electron chi connectivity index (χ1n) is 7.80. The molecule has 1 saturated carbocycles. The Balaban J connectivity index is 2.44. The van der Waals surface area contributed by atoms with Crippen LogP contribution in [0.3, 0.4) is 0 Å². The number of amides is 1. The summed E-state index contributed by atoms with van der Waals surface area (Å²) in [7, 11) is -4.26. The standard InChI is InChI=1S/C14H28NO5P/c1-3-9-19-21(17,18)20-11-14(15-12(2)16)10-13-7-5-4-6-8-13/h13-14H,3-11H2,1-2H3,(H,15,16)(H,17,18)/p-1. The number of carbonyl (C=O) groups excluding carboxylic acids is 1. The maximum atomic E-state index is 11.5. The molecule has 0 aromatic carbocycles. The van der Waals surface area contributed by atoms with Crippen molar-refractivity contribution in [3.63, 3.8) is 0 Å². The van der Waals surface area contributed by atoms with Crippen molar-refractivity contribution in [1.82, 2.24) is 5.32 Å². The van der Waals surface area contributed by atoms with Crippen molar-refractivity contribution in [1.29, 1.82) is 0 Å². The topological polar surface area (TPSA) is 87.7 Å². The Morgan fingerprint density at radius 1 is 1.33 bits per heavy atom. The SMILES string of the molecule is CCCOP(=O)([O-])OCC(CC1CCCCC1)NC(C)=O. The van der Waals surface area contributed by atoms with E-state index in [9.17, 15) is 14.3 Å². The average molecular weight is 320 g/mol. The van der Waals surface area contributed by atoms with Crippen LogP contribution < -0.4 is 10.2 Å². The van der Waals surface area contributed by atoms with Crippen molar-refractivity contribution < 1.29 is 23.3 Å². The molecule has 1 aliphatic carbocycles. The average Bonchev–Trinajstić information content (AvgIpc) is 2.43. The fraction of sp³-hybridized carbons (Fsp3) is 0.929. The summed E-state index contributed by atoms with van der Waals surface area (Å²) in [4.78, 5) is 22.8. The number of rotatable bonds is 9. The van der Waals surface area contributed by atoms with E-state index in [2.05, 4.69) is 9.84 Å². The van der Waals surface area contributed by atoms with Gasteiger partial charge in [0, 0.05) is 6.92 Å². The van der Waals surface area contributed by atoms with Gasteiger partial charge in [0.2, 0.25) is 5.91 Å². The van der Waals surface area contributed by atoms with Crippen molar-refractivity contribution in [2.45, 2.75) is 64.8 Å². The number of hydrogen-bond donors (Lipinski definition) is 1. The molecule has 1 amide bonds. The Morgan fingerprint density at radius 2 is 2.00 bits per heavy atom. The molecule has 1 fully saturated rings. The normalized spacial score (nSPS) is 20.7. The van der Waals surface area contributed by atoms with Gasteiger partial charge >= 0.3 is 0 Å². The van der Waals surface area contributed by atoms with Crippen molar-refractivity contribution in [3.8, 4) is 0 Å². The minimum Gasteiger partial charge on any atom is -0.756 e. The lowest BCUT2D eigenvalue weighted by Gasteiger charge is -2.29. The zero-order valence-corrected chi connectivity index (χ0v) is 13.9. The van der Waals surface area contributed by atoms with Gasteiger partial charge in [-0.25, -0.2) is 0 Å². The zero-order chi connectivity index (χ0) is 15.7. The number of nitrogens with one attached hydrogen (secondary N) is 1. The highest BCUT2D eigenvalue weighted by Gasteiger charge is 2.21. The van der Waals surface area contributed by atoms with E-state index < -0.39 is 7.82 Å². The van der Waals surface area contributed by atoms with E-state index in [4.69, 9.17) is 4.52 Å². The summed E-state index contributed by atoms with van der Waals surface area (Å²) in [5.74, 6) is 0.358. The van der Waals surface area contributed by atoms with Gasteiger partial charge in [-0.3, -0.25) is 9.36 Å². The number of phosphoric acid groups is 1. The van der Waals surface area contributed by atoms with Crippen LogP contribution in [0, 0.1) is 5.92 Å². The summed E-state index contributed by atoms with van der Waals surface area (Å²) in [5.41, 5.74) is 0. The maximum absolute atomic E-state index is 11.5. The Kier molecular flexibility index (Phi) is 8.49. The minimum atomic E-state index is -4.26. The van der Waals surface area contributed by atoms with Crippen LogP contribution in [0.4, 0.5) is 0 Å². The summed E-state index contributed by atoms with van der Waals surface area (Å²) in [6.45, 7) is 3.32. The quantitative estimate of drug-likeness (QED) is 0.659. The van der Waals surface area contributed by atoms with E-state index in [-0.39, 0.29) is 25.2 Å². The lowest BCUT2D eigenvalue weighted by Crippen LogP contribution is -2.38. The van der Waals surface area contributed by atoms with Crippen LogP contribution >= 0.6 is 7.82 Å². The molecule has 6 nitrogen and oxygen atoms in total. The first-order chi connectivity index (χ1) is 9.93. The zero-order valence-electron chi connectivity index (χ0n) is 13.0. The number of phosphoric ester groups is 1. The second-order valence-electron chi connectivity index (χ2n) is 5.71. The van der Waals surface area contributed by atoms with Crippen LogP contribution in [-0.4, -0.2) is 25.2 Å². The van der Waals surface area contributed by atoms with Crippen LogP contribution in [0.1, 0.15) is 58.8 Å². The molecule has 21 heavy (non-hydrogen) atoms. The monoisotopic (exact) mass is 320 g/mol. The molecule has 7 heteroatoms. The van der Waals surface area contributed by atoms with E-state index in [1.54, 1.807) is 0 Å². The third-order valence-corrected chi connectivity index (χ3v) is 4.60. The van der Waals surface area contributed by atoms with Crippen LogP contribution in [0.15, 0.2) is 0 Å². The molecular weight excluding hydrogens is 293 g/mol. The molecule has 0 radical (unpaired) electrons. The Bertz CT molecular complexity index is 357.